The summed E-state index contributed by atoms with van der Waals surface area (Å²) in [7, 11) is 1.41. The highest BCUT2D eigenvalue weighted by molar-refractivity contribution is 5.96. The molecule has 0 saturated heterocycles. The molecule has 0 aliphatic carbocycles. The first-order valence-electron chi connectivity index (χ1n) is 8.46. The number of hydrogen-bond acceptors (Lipinski definition) is 7. The molecule has 0 bridgehead atoms. The van der Waals surface area contributed by atoms with E-state index >= 15 is 0 Å². The largest absolute Gasteiger partial charge is 0.493 e. The van der Waals surface area contributed by atoms with Crippen molar-refractivity contribution in [2.75, 3.05) is 32.2 Å². The van der Waals surface area contributed by atoms with Gasteiger partial charge in [-0.05, 0) is 24.3 Å². The summed E-state index contributed by atoms with van der Waals surface area (Å²) in [6.45, 7) is -3.02. The van der Waals surface area contributed by atoms with Crippen LogP contribution in [0.3, 0.4) is 0 Å². The summed E-state index contributed by atoms with van der Waals surface area (Å²) in [4.78, 5) is 24.3. The molecular weight excluding hydrogens is 392 g/mol. The van der Waals surface area contributed by atoms with Crippen LogP contribution >= 0.6 is 0 Å². The Kier molecular flexibility index (Phi) is 6.32. The highest BCUT2D eigenvalue weighted by Gasteiger charge is 2.22. The second kappa shape index (κ2) is 9.09. The van der Waals surface area contributed by atoms with Crippen molar-refractivity contribution in [2.45, 2.75) is 6.61 Å². The molecule has 0 saturated carbocycles. The third-order valence-electron chi connectivity index (χ3n) is 3.78. The first-order chi connectivity index (χ1) is 14.0. The Morgan fingerprint density at radius 3 is 2.66 bits per heavy atom. The third-order valence-corrected chi connectivity index (χ3v) is 3.78. The molecule has 0 fully saturated rings. The summed E-state index contributed by atoms with van der Waals surface area (Å²) < 4.78 is 50.2. The summed E-state index contributed by atoms with van der Waals surface area (Å²) in [5, 5.41) is 2.35. The Morgan fingerprint density at radius 2 is 1.90 bits per heavy atom. The van der Waals surface area contributed by atoms with E-state index in [4.69, 9.17) is 18.9 Å². The molecule has 2 aromatic rings. The lowest BCUT2D eigenvalue weighted by Gasteiger charge is -2.21. The molecule has 154 valence electrons. The number of rotatable bonds is 7. The number of benzene rings is 2. The molecule has 0 aromatic heterocycles. The zero-order valence-corrected chi connectivity index (χ0v) is 15.3. The molecule has 1 aliphatic rings. The van der Waals surface area contributed by atoms with Gasteiger partial charge in [-0.3, -0.25) is 4.79 Å². The number of ether oxygens (including phenoxy) is 5. The van der Waals surface area contributed by atoms with Gasteiger partial charge in [0.2, 0.25) is 5.75 Å². The number of anilines is 1. The normalized spacial score (nSPS) is 12.3. The van der Waals surface area contributed by atoms with Crippen molar-refractivity contribution >= 4 is 17.6 Å². The van der Waals surface area contributed by atoms with Gasteiger partial charge in [-0.25, -0.2) is 4.79 Å². The van der Waals surface area contributed by atoms with Gasteiger partial charge in [0.15, 0.2) is 18.1 Å². The first kappa shape index (κ1) is 20.2. The van der Waals surface area contributed by atoms with E-state index < -0.39 is 25.1 Å². The van der Waals surface area contributed by atoms with Crippen molar-refractivity contribution in [3.63, 3.8) is 0 Å². The maximum Gasteiger partial charge on any atom is 0.387 e. The van der Waals surface area contributed by atoms with Crippen molar-refractivity contribution < 1.29 is 42.1 Å². The standard InChI is InChI=1S/C19H17F2NO7/c1-25-14-8-11(9-15-17(14)27-7-6-26-15)18(24)28-10-16(23)22-12-4-2-3-5-13(12)29-19(20)21/h2-5,8-9,19H,6-7,10H2,1H3,(H,22,23). The van der Waals surface area contributed by atoms with Crippen LogP contribution in [0.4, 0.5) is 14.5 Å². The number of methoxy groups -OCH3 is 1. The van der Waals surface area contributed by atoms with E-state index in [0.717, 1.165) is 0 Å². The van der Waals surface area contributed by atoms with Gasteiger partial charge in [0.1, 0.15) is 19.0 Å². The van der Waals surface area contributed by atoms with Crippen LogP contribution in [-0.2, 0) is 9.53 Å². The molecular formula is C19H17F2NO7. The number of para-hydroxylation sites is 2. The van der Waals surface area contributed by atoms with E-state index in [2.05, 4.69) is 10.1 Å². The second-order valence-electron chi connectivity index (χ2n) is 5.70. The van der Waals surface area contributed by atoms with Crippen molar-refractivity contribution in [2.24, 2.45) is 0 Å². The Bertz CT molecular complexity index is 887. The lowest BCUT2D eigenvalue weighted by atomic mass is 10.1. The average molecular weight is 409 g/mol. The molecule has 3 rings (SSSR count). The fourth-order valence-electron chi connectivity index (χ4n) is 2.56. The Balaban J connectivity index is 1.63. The van der Waals surface area contributed by atoms with Gasteiger partial charge >= 0.3 is 12.6 Å². The molecule has 29 heavy (non-hydrogen) atoms. The first-order valence-corrected chi connectivity index (χ1v) is 8.46. The van der Waals surface area contributed by atoms with Crippen LogP contribution in [0.1, 0.15) is 10.4 Å². The van der Waals surface area contributed by atoms with Gasteiger partial charge in [0.05, 0.1) is 18.4 Å². The van der Waals surface area contributed by atoms with Crippen LogP contribution in [0, 0.1) is 0 Å². The van der Waals surface area contributed by atoms with Gasteiger partial charge in [-0.15, -0.1) is 0 Å². The van der Waals surface area contributed by atoms with E-state index in [-0.39, 0.29) is 22.7 Å². The van der Waals surface area contributed by atoms with Crippen LogP contribution < -0.4 is 24.3 Å². The van der Waals surface area contributed by atoms with Crippen LogP contribution in [-0.4, -0.2) is 45.4 Å². The van der Waals surface area contributed by atoms with E-state index in [0.29, 0.717) is 24.7 Å². The Morgan fingerprint density at radius 1 is 1.14 bits per heavy atom. The predicted octanol–water partition coefficient (Wildman–Crippen LogP) is 2.86. The number of carbonyl (C=O) groups is 2. The third kappa shape index (κ3) is 5.03. The van der Waals surface area contributed by atoms with Gasteiger partial charge in [0.25, 0.3) is 5.91 Å². The molecule has 1 heterocycles. The molecule has 10 heteroatoms. The zero-order valence-electron chi connectivity index (χ0n) is 15.3. The van der Waals surface area contributed by atoms with Crippen molar-refractivity contribution in [1.82, 2.24) is 0 Å². The highest BCUT2D eigenvalue weighted by atomic mass is 19.3. The minimum atomic E-state index is -3.05. The monoisotopic (exact) mass is 409 g/mol. The van der Waals surface area contributed by atoms with Crippen molar-refractivity contribution in [3.05, 3.63) is 42.0 Å². The number of alkyl halides is 2. The summed E-state index contributed by atoms with van der Waals surface area (Å²) in [5.74, 6) is -0.745. The molecule has 0 atom stereocenters. The van der Waals surface area contributed by atoms with Gasteiger partial charge in [-0.2, -0.15) is 8.78 Å². The smallest absolute Gasteiger partial charge is 0.387 e. The molecule has 1 amide bonds. The zero-order chi connectivity index (χ0) is 20.8. The van der Waals surface area contributed by atoms with Crippen LogP contribution in [0.2, 0.25) is 0 Å². The SMILES string of the molecule is COc1cc(C(=O)OCC(=O)Nc2ccccc2OC(F)F)cc2c1OCCO2. The Hall–Kier alpha value is -3.56. The minimum absolute atomic E-state index is 0.0230. The topological polar surface area (TPSA) is 92.3 Å². The maximum atomic E-state index is 12.4. The Labute approximate surface area is 164 Å². The lowest BCUT2D eigenvalue weighted by Crippen LogP contribution is -2.22. The van der Waals surface area contributed by atoms with E-state index in [1.54, 1.807) is 0 Å². The fraction of sp³-hybridized carbons (Fsp3) is 0.263. The van der Waals surface area contributed by atoms with Crippen molar-refractivity contribution in [1.29, 1.82) is 0 Å². The van der Waals surface area contributed by atoms with E-state index in [1.165, 1.54) is 43.5 Å². The summed E-state index contributed by atoms with van der Waals surface area (Å²) in [5.41, 5.74) is 0.121. The van der Waals surface area contributed by atoms with Gasteiger partial charge in [0, 0.05) is 0 Å². The summed E-state index contributed by atoms with van der Waals surface area (Å²) in [6.07, 6.45) is 0. The number of halogens is 2. The average Bonchev–Trinajstić information content (AvgIpc) is 2.72. The molecule has 2 aromatic carbocycles. The number of fused-ring (bicyclic) bond motifs is 1. The van der Waals surface area contributed by atoms with E-state index in [1.807, 2.05) is 0 Å². The quantitative estimate of drug-likeness (QED) is 0.703. The number of amides is 1. The van der Waals surface area contributed by atoms with Crippen LogP contribution in [0.15, 0.2) is 36.4 Å². The number of carbonyl (C=O) groups excluding carboxylic acids is 2. The summed E-state index contributed by atoms with van der Waals surface area (Å²) in [6, 6.07) is 8.48. The molecule has 0 spiro atoms. The second-order valence-corrected chi connectivity index (χ2v) is 5.70. The molecule has 1 N–H and O–H groups in total. The van der Waals surface area contributed by atoms with E-state index in [9.17, 15) is 18.4 Å². The van der Waals surface area contributed by atoms with Crippen LogP contribution in [0.5, 0.6) is 23.0 Å². The number of nitrogens with one attached hydrogen (secondary N) is 1. The number of esters is 1. The lowest BCUT2D eigenvalue weighted by molar-refractivity contribution is -0.119. The van der Waals surface area contributed by atoms with Gasteiger partial charge < -0.3 is 29.0 Å². The summed E-state index contributed by atoms with van der Waals surface area (Å²) >= 11 is 0. The molecule has 8 nitrogen and oxygen atoms in total. The maximum absolute atomic E-state index is 12.4. The van der Waals surface area contributed by atoms with Crippen LogP contribution in [0.25, 0.3) is 0 Å². The molecule has 0 radical (unpaired) electrons. The highest BCUT2D eigenvalue weighted by Crippen LogP contribution is 2.40. The number of hydrogen-bond donors (Lipinski definition) is 1. The fourth-order valence-corrected chi connectivity index (χ4v) is 2.56. The van der Waals surface area contributed by atoms with Crippen molar-refractivity contribution in [3.8, 4) is 23.0 Å². The molecule has 1 aliphatic heterocycles. The predicted molar refractivity (Wildman–Crippen MR) is 96.0 cm³/mol. The minimum Gasteiger partial charge on any atom is -0.493 e. The van der Waals surface area contributed by atoms with Gasteiger partial charge in [-0.1, -0.05) is 12.1 Å². The molecule has 0 unspecified atom stereocenters.